The molecule has 1 aromatic carbocycles. The van der Waals surface area contributed by atoms with Gasteiger partial charge in [0.25, 0.3) is 0 Å². The number of rotatable bonds is 8. The van der Waals surface area contributed by atoms with Crippen LogP contribution in [-0.4, -0.2) is 19.7 Å². The van der Waals surface area contributed by atoms with Gasteiger partial charge in [0.05, 0.1) is 13.2 Å². The lowest BCUT2D eigenvalue weighted by Crippen LogP contribution is -2.24. The van der Waals surface area contributed by atoms with Gasteiger partial charge in [-0.15, -0.1) is 0 Å². The Labute approximate surface area is 109 Å². The molecule has 0 fully saturated rings. The second kappa shape index (κ2) is 8.51. The normalized spacial score (nSPS) is 12.6. The first kappa shape index (κ1) is 14.5. The van der Waals surface area contributed by atoms with E-state index in [2.05, 4.69) is 19.2 Å². The summed E-state index contributed by atoms with van der Waals surface area (Å²) in [5, 5.41) is 4.16. The van der Waals surface area contributed by atoms with Crippen molar-refractivity contribution in [1.29, 1.82) is 0 Å². The summed E-state index contributed by atoms with van der Waals surface area (Å²) in [4.78, 5) is 0. The van der Waals surface area contributed by atoms with E-state index in [-0.39, 0.29) is 0 Å². The highest BCUT2D eigenvalue weighted by Crippen LogP contribution is 2.11. The number of halogens is 1. The summed E-state index contributed by atoms with van der Waals surface area (Å²) < 4.78 is 5.67. The molecule has 1 rings (SSSR count). The number of ether oxygens (including phenoxy) is 1. The second-order valence-electron chi connectivity index (χ2n) is 4.45. The van der Waals surface area contributed by atoms with Crippen molar-refractivity contribution >= 4 is 11.6 Å². The zero-order valence-electron chi connectivity index (χ0n) is 10.7. The van der Waals surface area contributed by atoms with Crippen LogP contribution in [-0.2, 0) is 11.3 Å². The van der Waals surface area contributed by atoms with Crippen LogP contribution in [0.15, 0.2) is 24.3 Å². The van der Waals surface area contributed by atoms with Crippen LogP contribution >= 0.6 is 11.6 Å². The molecule has 0 aliphatic carbocycles. The van der Waals surface area contributed by atoms with Crippen molar-refractivity contribution in [3.8, 4) is 0 Å². The third-order valence-corrected chi connectivity index (χ3v) is 2.71. The fourth-order valence-corrected chi connectivity index (χ4v) is 1.80. The molecule has 1 atom stereocenters. The van der Waals surface area contributed by atoms with Gasteiger partial charge in [-0.3, -0.25) is 0 Å². The zero-order valence-corrected chi connectivity index (χ0v) is 11.5. The van der Waals surface area contributed by atoms with E-state index in [4.69, 9.17) is 16.3 Å². The molecule has 0 radical (unpaired) electrons. The lowest BCUT2D eigenvalue weighted by atomic mass is 10.2. The van der Waals surface area contributed by atoms with E-state index in [9.17, 15) is 0 Å². The van der Waals surface area contributed by atoms with Crippen molar-refractivity contribution in [2.45, 2.75) is 26.9 Å². The first-order valence-electron chi connectivity index (χ1n) is 6.25. The number of benzene rings is 1. The van der Waals surface area contributed by atoms with Crippen molar-refractivity contribution in [1.82, 2.24) is 5.32 Å². The maximum Gasteiger partial charge on any atom is 0.0717 e. The summed E-state index contributed by atoms with van der Waals surface area (Å²) in [6.45, 7) is 7.89. The van der Waals surface area contributed by atoms with Crippen molar-refractivity contribution in [3.63, 3.8) is 0 Å². The maximum absolute atomic E-state index is 5.91. The van der Waals surface area contributed by atoms with Crippen molar-refractivity contribution < 1.29 is 4.74 Å². The Morgan fingerprint density at radius 2 is 2.24 bits per heavy atom. The molecule has 96 valence electrons. The largest absolute Gasteiger partial charge is 0.376 e. The van der Waals surface area contributed by atoms with Crippen LogP contribution in [0.1, 0.15) is 25.8 Å². The minimum absolute atomic E-state index is 0.542. The summed E-state index contributed by atoms with van der Waals surface area (Å²) >= 11 is 5.91. The van der Waals surface area contributed by atoms with E-state index in [0.29, 0.717) is 12.5 Å². The molecule has 1 unspecified atom stereocenters. The first-order valence-corrected chi connectivity index (χ1v) is 6.63. The average Bonchev–Trinajstić information content (AvgIpc) is 2.29. The molecule has 0 spiro atoms. The van der Waals surface area contributed by atoms with Gasteiger partial charge in [-0.2, -0.15) is 0 Å². The van der Waals surface area contributed by atoms with Gasteiger partial charge in [0.1, 0.15) is 0 Å². The van der Waals surface area contributed by atoms with Gasteiger partial charge < -0.3 is 10.1 Å². The summed E-state index contributed by atoms with van der Waals surface area (Å²) in [7, 11) is 0. The molecule has 0 amide bonds. The van der Waals surface area contributed by atoms with Crippen LogP contribution in [0.3, 0.4) is 0 Å². The molecule has 0 saturated heterocycles. The Morgan fingerprint density at radius 1 is 1.41 bits per heavy atom. The van der Waals surface area contributed by atoms with Gasteiger partial charge >= 0.3 is 0 Å². The van der Waals surface area contributed by atoms with Crippen molar-refractivity contribution in [2.75, 3.05) is 19.7 Å². The second-order valence-corrected chi connectivity index (χ2v) is 4.89. The average molecular weight is 256 g/mol. The van der Waals surface area contributed by atoms with Crippen LogP contribution in [0.4, 0.5) is 0 Å². The molecule has 17 heavy (non-hydrogen) atoms. The quantitative estimate of drug-likeness (QED) is 0.718. The van der Waals surface area contributed by atoms with Crippen molar-refractivity contribution in [2.24, 2.45) is 5.92 Å². The molecule has 0 aliphatic rings. The molecule has 0 saturated carbocycles. The Morgan fingerprint density at radius 3 is 2.94 bits per heavy atom. The lowest BCUT2D eigenvalue weighted by molar-refractivity contribution is 0.0919. The standard InChI is InChI=1S/C14H22ClNO/c1-3-7-16-9-12(2)10-17-11-13-5-4-6-14(15)8-13/h4-6,8,12,16H,3,7,9-11H2,1-2H3. The van der Waals surface area contributed by atoms with Gasteiger partial charge in [-0.1, -0.05) is 37.6 Å². The monoisotopic (exact) mass is 255 g/mol. The summed E-state index contributed by atoms with van der Waals surface area (Å²) in [5.74, 6) is 0.542. The highest BCUT2D eigenvalue weighted by atomic mass is 35.5. The smallest absolute Gasteiger partial charge is 0.0717 e. The fraction of sp³-hybridized carbons (Fsp3) is 0.571. The van der Waals surface area contributed by atoms with Gasteiger partial charge in [0.2, 0.25) is 0 Å². The van der Waals surface area contributed by atoms with Crippen molar-refractivity contribution in [3.05, 3.63) is 34.9 Å². The molecule has 2 nitrogen and oxygen atoms in total. The molecule has 0 heterocycles. The first-order chi connectivity index (χ1) is 8.22. The number of hydrogen-bond acceptors (Lipinski definition) is 2. The molecule has 3 heteroatoms. The van der Waals surface area contributed by atoms with E-state index >= 15 is 0 Å². The Bertz CT molecular complexity index is 317. The maximum atomic E-state index is 5.91. The number of hydrogen-bond donors (Lipinski definition) is 1. The Kier molecular flexibility index (Phi) is 7.25. The van der Waals surface area contributed by atoms with Gasteiger partial charge in [0.15, 0.2) is 0 Å². The highest BCUT2D eigenvalue weighted by Gasteiger charge is 2.02. The van der Waals surface area contributed by atoms with Crippen LogP contribution in [0.2, 0.25) is 5.02 Å². The minimum atomic E-state index is 0.542. The molecular weight excluding hydrogens is 234 g/mol. The molecule has 0 aliphatic heterocycles. The van der Waals surface area contributed by atoms with Gasteiger partial charge in [-0.05, 0) is 43.1 Å². The van der Waals surface area contributed by atoms with Crippen LogP contribution in [0, 0.1) is 5.92 Å². The highest BCUT2D eigenvalue weighted by molar-refractivity contribution is 6.30. The predicted molar refractivity (Wildman–Crippen MR) is 73.4 cm³/mol. The lowest BCUT2D eigenvalue weighted by Gasteiger charge is -2.12. The number of nitrogens with one attached hydrogen (secondary N) is 1. The molecule has 0 aromatic heterocycles. The van der Waals surface area contributed by atoms with Crippen LogP contribution < -0.4 is 5.32 Å². The molecule has 1 N–H and O–H groups in total. The third kappa shape index (κ3) is 6.67. The van der Waals surface area contributed by atoms with Crippen LogP contribution in [0.25, 0.3) is 0 Å². The third-order valence-electron chi connectivity index (χ3n) is 2.48. The fourth-order valence-electron chi connectivity index (χ4n) is 1.59. The van der Waals surface area contributed by atoms with Crippen LogP contribution in [0.5, 0.6) is 0 Å². The van der Waals surface area contributed by atoms with E-state index in [1.165, 1.54) is 6.42 Å². The molecule has 0 bridgehead atoms. The summed E-state index contributed by atoms with van der Waals surface area (Å²) in [6.07, 6.45) is 1.18. The predicted octanol–water partition coefficient (Wildman–Crippen LogP) is 3.49. The van der Waals surface area contributed by atoms with Gasteiger partial charge in [0, 0.05) is 5.02 Å². The molecule has 1 aromatic rings. The Hall–Kier alpha value is -0.570. The van der Waals surface area contributed by atoms with E-state index in [1.54, 1.807) is 0 Å². The molecular formula is C14H22ClNO. The van der Waals surface area contributed by atoms with Gasteiger partial charge in [-0.25, -0.2) is 0 Å². The summed E-state index contributed by atoms with van der Waals surface area (Å²) in [6, 6.07) is 7.81. The van der Waals surface area contributed by atoms with E-state index < -0.39 is 0 Å². The van der Waals surface area contributed by atoms with E-state index in [1.807, 2.05) is 24.3 Å². The minimum Gasteiger partial charge on any atom is -0.376 e. The topological polar surface area (TPSA) is 21.3 Å². The Balaban J connectivity index is 2.14. The van der Waals surface area contributed by atoms with E-state index in [0.717, 1.165) is 30.3 Å². The zero-order chi connectivity index (χ0) is 12.5. The SMILES string of the molecule is CCCNCC(C)COCc1cccc(Cl)c1. The summed E-state index contributed by atoms with van der Waals surface area (Å²) in [5.41, 5.74) is 1.13.